The van der Waals surface area contributed by atoms with Crippen LogP contribution in [-0.4, -0.2) is 44.4 Å². The number of benzene rings is 1. The zero-order chi connectivity index (χ0) is 18.0. The van der Waals surface area contributed by atoms with Gasteiger partial charge in [0, 0.05) is 12.2 Å². The Labute approximate surface area is 145 Å². The Bertz CT molecular complexity index is 887. The highest BCUT2D eigenvalue weighted by molar-refractivity contribution is 7.90. The van der Waals surface area contributed by atoms with Gasteiger partial charge in [-0.2, -0.15) is 5.10 Å². The van der Waals surface area contributed by atoms with Crippen LogP contribution < -0.4 is 10.1 Å². The zero-order valence-electron chi connectivity index (χ0n) is 14.0. The Balaban J connectivity index is 1.99. The van der Waals surface area contributed by atoms with Gasteiger partial charge in [-0.3, -0.25) is 4.79 Å². The highest BCUT2D eigenvalue weighted by Crippen LogP contribution is 2.33. The molecule has 25 heavy (non-hydrogen) atoms. The van der Waals surface area contributed by atoms with E-state index in [1.54, 1.807) is 43.0 Å². The van der Waals surface area contributed by atoms with E-state index in [-0.39, 0.29) is 24.0 Å². The van der Waals surface area contributed by atoms with E-state index >= 15 is 0 Å². The zero-order valence-corrected chi connectivity index (χ0v) is 14.8. The van der Waals surface area contributed by atoms with Crippen molar-refractivity contribution >= 4 is 21.6 Å². The van der Waals surface area contributed by atoms with Crippen LogP contribution >= 0.6 is 0 Å². The molecule has 9 heteroatoms. The first kappa shape index (κ1) is 17.4. The van der Waals surface area contributed by atoms with Gasteiger partial charge >= 0.3 is 0 Å². The summed E-state index contributed by atoms with van der Waals surface area (Å²) in [6, 6.07) is 7.11. The SMILES string of the molecule is CCOCC(=O)Nc1c2c(nn1-c1ccc(OC)cc1)CS(=O)(=O)C2. The third-order valence-electron chi connectivity index (χ3n) is 3.80. The molecule has 0 radical (unpaired) electrons. The van der Waals surface area contributed by atoms with Crippen LogP contribution in [0.25, 0.3) is 5.69 Å². The third kappa shape index (κ3) is 3.67. The Hall–Kier alpha value is -2.39. The minimum absolute atomic E-state index is 0.105. The lowest BCUT2D eigenvalue weighted by atomic mass is 10.2. The Morgan fingerprint density at radius 2 is 2.00 bits per heavy atom. The van der Waals surface area contributed by atoms with E-state index in [0.717, 1.165) is 0 Å². The molecule has 2 heterocycles. The molecule has 134 valence electrons. The van der Waals surface area contributed by atoms with Gasteiger partial charge in [0.1, 0.15) is 18.2 Å². The fraction of sp³-hybridized carbons (Fsp3) is 0.375. The van der Waals surface area contributed by atoms with Crippen LogP contribution in [0.3, 0.4) is 0 Å². The highest BCUT2D eigenvalue weighted by atomic mass is 32.2. The smallest absolute Gasteiger partial charge is 0.251 e. The van der Waals surface area contributed by atoms with Crippen molar-refractivity contribution in [1.29, 1.82) is 0 Å². The first-order valence-corrected chi connectivity index (χ1v) is 9.59. The molecule has 1 N–H and O–H groups in total. The summed E-state index contributed by atoms with van der Waals surface area (Å²) in [6.07, 6.45) is 0. The van der Waals surface area contributed by atoms with Gasteiger partial charge in [0.25, 0.3) is 5.91 Å². The minimum Gasteiger partial charge on any atom is -0.497 e. The number of anilines is 1. The number of rotatable bonds is 6. The number of hydrogen-bond acceptors (Lipinski definition) is 6. The lowest BCUT2D eigenvalue weighted by Gasteiger charge is -2.11. The number of methoxy groups -OCH3 is 1. The van der Waals surface area contributed by atoms with Crippen molar-refractivity contribution in [2.75, 3.05) is 25.6 Å². The summed E-state index contributed by atoms with van der Waals surface area (Å²) in [5.41, 5.74) is 1.68. The number of hydrogen-bond donors (Lipinski definition) is 1. The summed E-state index contributed by atoms with van der Waals surface area (Å²) in [5, 5.41) is 7.12. The molecule has 0 fully saturated rings. The molecule has 8 nitrogen and oxygen atoms in total. The molecule has 3 rings (SSSR count). The van der Waals surface area contributed by atoms with Gasteiger partial charge < -0.3 is 14.8 Å². The molecule has 0 aliphatic carbocycles. The topological polar surface area (TPSA) is 99.5 Å². The quantitative estimate of drug-likeness (QED) is 0.828. The predicted octanol–water partition coefficient (Wildman–Crippen LogP) is 1.28. The molecular formula is C16H19N3O5S. The number of aromatic nitrogens is 2. The maximum atomic E-state index is 12.1. The molecule has 0 saturated carbocycles. The van der Waals surface area contributed by atoms with E-state index in [2.05, 4.69) is 10.4 Å². The van der Waals surface area contributed by atoms with Crippen molar-refractivity contribution < 1.29 is 22.7 Å². The first-order chi connectivity index (χ1) is 11.9. The molecule has 1 amide bonds. The molecule has 0 saturated heterocycles. The summed E-state index contributed by atoms with van der Waals surface area (Å²) in [4.78, 5) is 12.1. The number of fused-ring (bicyclic) bond motifs is 1. The van der Waals surface area contributed by atoms with Gasteiger partial charge in [0.15, 0.2) is 9.84 Å². The fourth-order valence-corrected chi connectivity index (χ4v) is 4.14. The number of ether oxygens (including phenoxy) is 2. The molecule has 1 aromatic heterocycles. The van der Waals surface area contributed by atoms with Crippen LogP contribution in [0.1, 0.15) is 18.2 Å². The third-order valence-corrected chi connectivity index (χ3v) is 5.24. The van der Waals surface area contributed by atoms with Gasteiger partial charge in [-0.25, -0.2) is 13.1 Å². The number of sulfone groups is 1. The summed E-state index contributed by atoms with van der Waals surface area (Å²) in [7, 11) is -1.65. The van der Waals surface area contributed by atoms with Gasteiger partial charge in [-0.1, -0.05) is 0 Å². The van der Waals surface area contributed by atoms with Crippen molar-refractivity contribution in [3.05, 3.63) is 35.5 Å². The van der Waals surface area contributed by atoms with Crippen LogP contribution in [0, 0.1) is 0 Å². The van der Waals surface area contributed by atoms with E-state index in [0.29, 0.717) is 35.1 Å². The molecule has 0 bridgehead atoms. The van der Waals surface area contributed by atoms with Crippen LogP contribution in [0.5, 0.6) is 5.75 Å². The van der Waals surface area contributed by atoms with Crippen LogP contribution in [0.2, 0.25) is 0 Å². The average Bonchev–Trinajstić information content (AvgIpc) is 3.06. The number of amides is 1. The van der Waals surface area contributed by atoms with E-state index in [1.165, 1.54) is 0 Å². The molecule has 0 spiro atoms. The number of carbonyl (C=O) groups is 1. The monoisotopic (exact) mass is 365 g/mol. The van der Waals surface area contributed by atoms with Crippen molar-refractivity contribution in [3.8, 4) is 11.4 Å². The molecule has 2 aromatic rings. The molecular weight excluding hydrogens is 346 g/mol. The molecule has 0 unspecified atom stereocenters. The first-order valence-electron chi connectivity index (χ1n) is 7.76. The van der Waals surface area contributed by atoms with E-state index in [4.69, 9.17) is 9.47 Å². The standard InChI is InChI=1S/C16H19N3O5S/c1-3-24-8-15(20)17-16-13-9-25(21,22)10-14(13)18-19(16)11-4-6-12(23-2)7-5-11/h4-7H,3,8-10H2,1-2H3,(H,17,20). The molecule has 1 aromatic carbocycles. The Morgan fingerprint density at radius 3 is 2.64 bits per heavy atom. The van der Waals surface area contributed by atoms with Gasteiger partial charge in [-0.05, 0) is 31.2 Å². The van der Waals surface area contributed by atoms with Gasteiger partial charge in [0.2, 0.25) is 0 Å². The minimum atomic E-state index is -3.23. The maximum absolute atomic E-state index is 12.1. The largest absolute Gasteiger partial charge is 0.497 e. The van der Waals surface area contributed by atoms with Crippen molar-refractivity contribution in [1.82, 2.24) is 9.78 Å². The summed E-state index contributed by atoms with van der Waals surface area (Å²) in [5.74, 6) is 0.435. The maximum Gasteiger partial charge on any atom is 0.251 e. The predicted molar refractivity (Wildman–Crippen MR) is 91.6 cm³/mol. The van der Waals surface area contributed by atoms with Crippen molar-refractivity contribution in [3.63, 3.8) is 0 Å². The van der Waals surface area contributed by atoms with Crippen LogP contribution in [0.15, 0.2) is 24.3 Å². The van der Waals surface area contributed by atoms with Gasteiger partial charge in [-0.15, -0.1) is 0 Å². The van der Waals surface area contributed by atoms with E-state index in [9.17, 15) is 13.2 Å². The molecule has 1 aliphatic rings. The van der Waals surface area contributed by atoms with Crippen molar-refractivity contribution in [2.45, 2.75) is 18.4 Å². The van der Waals surface area contributed by atoms with Crippen molar-refractivity contribution in [2.24, 2.45) is 0 Å². The van der Waals surface area contributed by atoms with Crippen LogP contribution in [0.4, 0.5) is 5.82 Å². The number of carbonyl (C=O) groups excluding carboxylic acids is 1. The lowest BCUT2D eigenvalue weighted by molar-refractivity contribution is -0.120. The van der Waals surface area contributed by atoms with Crippen LogP contribution in [-0.2, 0) is 30.9 Å². The second-order valence-electron chi connectivity index (χ2n) is 5.60. The number of nitrogens with zero attached hydrogens (tertiary/aromatic N) is 2. The molecule has 0 atom stereocenters. The second kappa shape index (κ2) is 6.85. The summed E-state index contributed by atoms with van der Waals surface area (Å²) in [6.45, 7) is 2.10. The lowest BCUT2D eigenvalue weighted by Crippen LogP contribution is -2.21. The van der Waals surface area contributed by atoms with Gasteiger partial charge in [0.05, 0.1) is 30.0 Å². The highest BCUT2D eigenvalue weighted by Gasteiger charge is 2.33. The second-order valence-corrected chi connectivity index (χ2v) is 7.67. The average molecular weight is 365 g/mol. The normalized spacial score (nSPS) is 15.0. The summed E-state index contributed by atoms with van der Waals surface area (Å²) < 4.78 is 35.6. The molecule has 1 aliphatic heterocycles. The Kier molecular flexibility index (Phi) is 4.78. The Morgan fingerprint density at radius 1 is 1.28 bits per heavy atom. The van der Waals surface area contributed by atoms with E-state index in [1.807, 2.05) is 0 Å². The number of nitrogens with one attached hydrogen (secondary N) is 1. The van der Waals surface area contributed by atoms with E-state index < -0.39 is 9.84 Å². The fourth-order valence-electron chi connectivity index (χ4n) is 2.64. The summed E-state index contributed by atoms with van der Waals surface area (Å²) >= 11 is 0.